The van der Waals surface area contributed by atoms with Crippen LogP contribution < -0.4 is 39.9 Å². The summed E-state index contributed by atoms with van der Waals surface area (Å²) < 4.78 is 47.9. The van der Waals surface area contributed by atoms with E-state index in [-0.39, 0.29) is 61.5 Å². The van der Waals surface area contributed by atoms with E-state index in [9.17, 15) is 18.4 Å². The second kappa shape index (κ2) is 15.7. The van der Waals surface area contributed by atoms with Gasteiger partial charge in [-0.2, -0.15) is 10.2 Å². The number of fused-ring (bicyclic) bond motifs is 6. The molecule has 17 heteroatoms. The van der Waals surface area contributed by atoms with E-state index in [2.05, 4.69) is 112 Å². The van der Waals surface area contributed by atoms with E-state index in [1.807, 2.05) is 35.8 Å². The molecule has 0 aromatic heterocycles. The molecule has 7 aliphatic rings. The van der Waals surface area contributed by atoms with Crippen LogP contribution in [0.25, 0.3) is 16.7 Å². The molecule has 3 aromatic rings. The van der Waals surface area contributed by atoms with E-state index in [1.165, 1.54) is 0 Å². The largest absolute Gasteiger partial charge is 0.483 e. The summed E-state index contributed by atoms with van der Waals surface area (Å²) in [5.41, 5.74) is 13.0. The first-order chi connectivity index (χ1) is 31.0. The van der Waals surface area contributed by atoms with Gasteiger partial charge in [-0.05, 0) is 82.1 Å². The van der Waals surface area contributed by atoms with E-state index in [0.717, 1.165) is 63.7 Å². The number of ether oxygens (including phenoxy) is 3. The second-order valence-electron chi connectivity index (χ2n) is 19.4. The molecule has 0 bridgehead atoms. The van der Waals surface area contributed by atoms with Gasteiger partial charge in [0.2, 0.25) is 0 Å². The van der Waals surface area contributed by atoms with Gasteiger partial charge in [0, 0.05) is 89.3 Å². The third-order valence-electron chi connectivity index (χ3n) is 14.8. The lowest BCUT2D eigenvalue weighted by molar-refractivity contribution is -0.123. The molecule has 0 radical (unpaired) electrons. The number of benzene rings is 3. The topological polar surface area (TPSA) is 130 Å². The van der Waals surface area contributed by atoms with Gasteiger partial charge >= 0.3 is 0 Å². The highest BCUT2D eigenvalue weighted by molar-refractivity contribution is 6.11. The van der Waals surface area contributed by atoms with Crippen LogP contribution in [0.15, 0.2) is 64.8 Å². The predicted molar refractivity (Wildman–Crippen MR) is 248 cm³/mol. The lowest BCUT2D eigenvalue weighted by Crippen LogP contribution is -2.68. The van der Waals surface area contributed by atoms with Crippen LogP contribution in [-0.2, 0) is 14.3 Å². The summed E-state index contributed by atoms with van der Waals surface area (Å²) in [4.78, 5) is 38.9. The van der Waals surface area contributed by atoms with Crippen LogP contribution in [-0.4, -0.2) is 137 Å². The van der Waals surface area contributed by atoms with Gasteiger partial charge in [-0.25, -0.2) is 19.6 Å². The van der Waals surface area contributed by atoms with Crippen LogP contribution in [0.4, 0.5) is 31.5 Å². The Morgan fingerprint density at radius 2 is 1.35 bits per heavy atom. The molecule has 2 amide bonds. The molecule has 6 aliphatic heterocycles. The molecule has 10 rings (SSSR count). The summed E-state index contributed by atoms with van der Waals surface area (Å²) in [6.07, 6.45) is 1.10. The maximum absolute atomic E-state index is 14.5. The number of carbonyl (C=O) groups excluding carboxylic acids is 2. The zero-order valence-corrected chi connectivity index (χ0v) is 38.4. The number of hydrazone groups is 2. The molecule has 65 heavy (non-hydrogen) atoms. The Morgan fingerprint density at radius 1 is 0.815 bits per heavy atom. The molecule has 2 fully saturated rings. The fraction of sp³-hybridized carbons (Fsp3) is 0.500. The number of likely N-dealkylation sites (tertiary alicyclic amines) is 2. The first-order valence-corrected chi connectivity index (χ1v) is 22.5. The Kier molecular flexibility index (Phi) is 10.4. The van der Waals surface area contributed by atoms with Gasteiger partial charge in [0.15, 0.2) is 11.7 Å². The Bertz CT molecular complexity index is 2550. The Balaban J connectivity index is 0.957. The van der Waals surface area contributed by atoms with Crippen LogP contribution in [0.5, 0.6) is 11.5 Å². The zero-order valence-electron chi connectivity index (χ0n) is 38.4. The molecule has 3 atom stereocenters. The molecule has 2 N–H and O–H groups in total. The fourth-order valence-electron chi connectivity index (χ4n) is 10.9. The predicted octanol–water partition coefficient (Wildman–Crippen LogP) is 5.66. The molecule has 0 saturated carbocycles. The van der Waals surface area contributed by atoms with Crippen LogP contribution in [0.1, 0.15) is 64.2 Å². The zero-order chi connectivity index (χ0) is 45.7. The molecular weight excluding hydrogens is 835 g/mol. The highest BCUT2D eigenvalue weighted by atomic mass is 19.3. The Morgan fingerprint density at radius 3 is 1.89 bits per heavy atom. The van der Waals surface area contributed by atoms with E-state index >= 15 is 0 Å². The molecule has 0 spiro atoms. The molecule has 3 unspecified atom stereocenters. The lowest BCUT2D eigenvalue weighted by atomic mass is 9.85. The summed E-state index contributed by atoms with van der Waals surface area (Å²) in [6.45, 7) is 12.5. The minimum atomic E-state index is -2.74. The standard InChI is InChI=1S/C48H58F2N10O5/c1-28-44(61)53-51-42-22-64-39-17-33(30-13-15-48(49,50)16-14-30)35(19-37(39)59(28)42)56(6)47(4)26-58(27-47)21-41(63-8)32-12-10-9-11-31(32)34-18-40-38(20-36(34)57(7)46(3)24-55(5)25-46)60-29(2)45(62)54-52-43(60)23-65-40/h9-13,17-20,28-29,41H,14-16,21-27H2,1-8H3,(H,53,61)(H,54,62). The van der Waals surface area contributed by atoms with Gasteiger partial charge in [-0.3, -0.25) is 14.5 Å². The number of amidine groups is 2. The number of alkyl halides is 2. The normalized spacial score (nSPS) is 24.4. The van der Waals surface area contributed by atoms with Crippen molar-refractivity contribution in [2.45, 2.75) is 82.1 Å². The molecule has 6 heterocycles. The SMILES string of the molecule is COC(CN1CC(C)(N(C)c2cc3c(cc2C2=CCC(F)(F)CC2)OCC2=NNC(=O)C(C)N23)C1)c1ccccc1-c1cc2c(cc1N(C)C1(C)CN(C)C1)N1C(=NNC(=O)C1C)CO2. The number of hydrogen-bond acceptors (Lipinski definition) is 13. The number of nitrogens with zero attached hydrogens (tertiary/aromatic N) is 8. The average molecular weight is 893 g/mol. The number of allylic oxidation sites excluding steroid dienone is 2. The number of halogens is 2. The van der Waals surface area contributed by atoms with Crippen molar-refractivity contribution in [1.29, 1.82) is 0 Å². The third-order valence-corrected chi connectivity index (χ3v) is 14.8. The van der Waals surface area contributed by atoms with Crippen molar-refractivity contribution in [3.63, 3.8) is 0 Å². The van der Waals surface area contributed by atoms with E-state index < -0.39 is 18.0 Å². The first-order valence-electron chi connectivity index (χ1n) is 22.5. The Hall–Kier alpha value is -5.78. The second-order valence-corrected chi connectivity index (χ2v) is 19.4. The number of anilines is 4. The van der Waals surface area contributed by atoms with Crippen molar-refractivity contribution in [2.24, 2.45) is 10.2 Å². The van der Waals surface area contributed by atoms with Crippen molar-refractivity contribution >= 4 is 51.8 Å². The summed E-state index contributed by atoms with van der Waals surface area (Å²) in [5, 5.41) is 8.63. The van der Waals surface area contributed by atoms with Gasteiger partial charge < -0.3 is 38.7 Å². The average Bonchev–Trinajstić information content (AvgIpc) is 3.27. The van der Waals surface area contributed by atoms with Crippen LogP contribution in [0.2, 0.25) is 0 Å². The van der Waals surface area contributed by atoms with E-state index in [1.54, 1.807) is 13.2 Å². The van der Waals surface area contributed by atoms with Gasteiger partial charge in [0.05, 0.1) is 28.6 Å². The van der Waals surface area contributed by atoms with Crippen molar-refractivity contribution in [2.75, 3.05) is 93.8 Å². The van der Waals surface area contributed by atoms with Crippen LogP contribution >= 0.6 is 0 Å². The summed E-state index contributed by atoms with van der Waals surface area (Å²) in [5.74, 6) is -0.568. The van der Waals surface area contributed by atoms with Crippen molar-refractivity contribution in [3.8, 4) is 22.6 Å². The number of nitrogens with one attached hydrogen (secondary N) is 2. The minimum Gasteiger partial charge on any atom is -0.483 e. The number of likely N-dealkylation sites (N-methyl/N-ethyl adjacent to an activating group) is 3. The quantitative estimate of drug-likeness (QED) is 0.262. The molecule has 15 nitrogen and oxygen atoms in total. The van der Waals surface area contributed by atoms with Crippen LogP contribution in [0.3, 0.4) is 0 Å². The smallest absolute Gasteiger partial charge is 0.262 e. The molecule has 344 valence electrons. The van der Waals surface area contributed by atoms with Crippen molar-refractivity contribution < 1.29 is 32.6 Å². The number of hydrogen-bond donors (Lipinski definition) is 2. The van der Waals surface area contributed by atoms with Crippen molar-refractivity contribution in [3.05, 3.63) is 65.7 Å². The monoisotopic (exact) mass is 892 g/mol. The molecule has 1 aliphatic carbocycles. The lowest BCUT2D eigenvalue weighted by Gasteiger charge is -2.55. The number of amides is 2. The summed E-state index contributed by atoms with van der Waals surface area (Å²) in [6, 6.07) is 15.7. The number of methoxy groups -OCH3 is 1. The van der Waals surface area contributed by atoms with Crippen molar-refractivity contribution in [1.82, 2.24) is 20.7 Å². The van der Waals surface area contributed by atoms with Gasteiger partial charge in [-0.1, -0.05) is 30.3 Å². The fourth-order valence-corrected chi connectivity index (χ4v) is 10.9. The summed E-state index contributed by atoms with van der Waals surface area (Å²) >= 11 is 0. The summed E-state index contributed by atoms with van der Waals surface area (Å²) in [7, 11) is 8.10. The molecule has 3 aromatic carbocycles. The van der Waals surface area contributed by atoms with Gasteiger partial charge in [0.25, 0.3) is 17.7 Å². The van der Waals surface area contributed by atoms with Gasteiger partial charge in [-0.15, -0.1) is 0 Å². The maximum Gasteiger partial charge on any atom is 0.262 e. The van der Waals surface area contributed by atoms with E-state index in [0.29, 0.717) is 42.8 Å². The molecular formula is C48H58F2N10O5. The highest BCUT2D eigenvalue weighted by Crippen LogP contribution is 2.50. The highest BCUT2D eigenvalue weighted by Gasteiger charge is 2.47. The maximum atomic E-state index is 14.5. The van der Waals surface area contributed by atoms with Crippen LogP contribution in [0, 0.1) is 0 Å². The van der Waals surface area contributed by atoms with Gasteiger partial charge in [0.1, 0.15) is 36.8 Å². The first kappa shape index (κ1) is 43.1. The minimum absolute atomic E-state index is 0.126. The molecule has 2 saturated heterocycles. The Labute approximate surface area is 378 Å². The third kappa shape index (κ3) is 7.26. The number of rotatable bonds is 10. The number of carbonyl (C=O) groups is 2. The van der Waals surface area contributed by atoms with E-state index in [4.69, 9.17) is 14.2 Å².